The molecule has 32 heavy (non-hydrogen) atoms. The highest BCUT2D eigenvalue weighted by Gasteiger charge is 2.23. The van der Waals surface area contributed by atoms with E-state index in [4.69, 9.17) is 8.83 Å². The number of hydrogen-bond donors (Lipinski definition) is 1. The van der Waals surface area contributed by atoms with Crippen molar-refractivity contribution >= 4 is 39.3 Å². The van der Waals surface area contributed by atoms with E-state index in [1.165, 1.54) is 5.56 Å². The van der Waals surface area contributed by atoms with Crippen LogP contribution in [0, 0.1) is 0 Å². The van der Waals surface area contributed by atoms with Crippen LogP contribution in [0.5, 0.6) is 0 Å². The highest BCUT2D eigenvalue weighted by molar-refractivity contribution is 6.17. The fourth-order valence-electron chi connectivity index (χ4n) is 3.89. The average molecular weight is 423 g/mol. The summed E-state index contributed by atoms with van der Waals surface area (Å²) in [5.74, 6) is -0.405. The van der Waals surface area contributed by atoms with Gasteiger partial charge in [0.25, 0.3) is 0 Å². The maximum atomic E-state index is 13.1. The first-order chi connectivity index (χ1) is 15.6. The predicted molar refractivity (Wildman–Crippen MR) is 124 cm³/mol. The number of fused-ring (bicyclic) bond motifs is 2. The van der Waals surface area contributed by atoms with E-state index in [0.29, 0.717) is 22.2 Å². The molecule has 2 heterocycles. The van der Waals surface area contributed by atoms with Crippen LogP contribution in [0.2, 0.25) is 0 Å². The molecule has 0 aliphatic carbocycles. The quantitative estimate of drug-likeness (QED) is 0.332. The number of carbonyl (C=O) groups is 2. The Hall–Kier alpha value is -4.12. The van der Waals surface area contributed by atoms with Crippen molar-refractivity contribution in [3.05, 3.63) is 102 Å². The van der Waals surface area contributed by atoms with Crippen LogP contribution in [0.15, 0.2) is 87.9 Å². The normalized spacial score (nSPS) is 11.2. The summed E-state index contributed by atoms with van der Waals surface area (Å²) in [7, 11) is 0. The van der Waals surface area contributed by atoms with E-state index < -0.39 is 0 Å². The molecule has 1 amide bonds. The van der Waals surface area contributed by atoms with E-state index in [-0.39, 0.29) is 23.9 Å². The fraction of sp³-hybridized carbons (Fsp3) is 0.111. The molecule has 0 aliphatic heterocycles. The Balaban J connectivity index is 1.49. The van der Waals surface area contributed by atoms with Crippen molar-refractivity contribution in [1.82, 2.24) is 0 Å². The van der Waals surface area contributed by atoms with Gasteiger partial charge in [-0.1, -0.05) is 55.5 Å². The highest BCUT2D eigenvalue weighted by atomic mass is 16.3. The minimum absolute atomic E-state index is 0.121. The number of carbonyl (C=O) groups excluding carboxylic acids is 2. The number of hydrogen-bond acceptors (Lipinski definition) is 4. The highest BCUT2D eigenvalue weighted by Crippen LogP contribution is 2.33. The van der Waals surface area contributed by atoms with Crippen LogP contribution in [0.4, 0.5) is 5.69 Å². The average Bonchev–Trinajstić information content (AvgIpc) is 3.40. The van der Waals surface area contributed by atoms with Crippen molar-refractivity contribution in [3.8, 4) is 0 Å². The van der Waals surface area contributed by atoms with Gasteiger partial charge in [0.2, 0.25) is 11.7 Å². The smallest absolute Gasteiger partial charge is 0.230 e. The largest absolute Gasteiger partial charge is 0.464 e. The molecule has 3 aromatic carbocycles. The minimum Gasteiger partial charge on any atom is -0.464 e. The monoisotopic (exact) mass is 423 g/mol. The van der Waals surface area contributed by atoms with E-state index in [1.807, 2.05) is 36.4 Å². The first kappa shape index (κ1) is 19.8. The van der Waals surface area contributed by atoms with Crippen molar-refractivity contribution in [3.63, 3.8) is 0 Å². The summed E-state index contributed by atoms with van der Waals surface area (Å²) >= 11 is 0. The summed E-state index contributed by atoms with van der Waals surface area (Å²) in [6.07, 6.45) is 2.64. The lowest BCUT2D eigenvalue weighted by atomic mass is 10.1. The second-order valence-electron chi connectivity index (χ2n) is 7.67. The molecule has 0 unspecified atom stereocenters. The molecule has 0 atom stereocenters. The van der Waals surface area contributed by atoms with E-state index in [9.17, 15) is 9.59 Å². The summed E-state index contributed by atoms with van der Waals surface area (Å²) in [4.78, 5) is 26.1. The van der Waals surface area contributed by atoms with E-state index in [2.05, 4.69) is 18.3 Å². The molecule has 2 aromatic heterocycles. The van der Waals surface area contributed by atoms with Crippen LogP contribution in [-0.4, -0.2) is 11.7 Å². The maximum absolute atomic E-state index is 13.1. The molecule has 0 bridgehead atoms. The molecule has 0 fully saturated rings. The predicted octanol–water partition coefficient (Wildman–Crippen LogP) is 6.15. The minimum atomic E-state index is -0.279. The topological polar surface area (TPSA) is 72.5 Å². The van der Waals surface area contributed by atoms with Crippen LogP contribution in [0.1, 0.15) is 34.2 Å². The fourth-order valence-corrected chi connectivity index (χ4v) is 3.89. The molecule has 5 heteroatoms. The van der Waals surface area contributed by atoms with Crippen molar-refractivity contribution in [2.45, 2.75) is 19.8 Å². The Morgan fingerprint density at radius 2 is 1.66 bits per heavy atom. The van der Waals surface area contributed by atoms with Gasteiger partial charge in [-0.05, 0) is 36.2 Å². The van der Waals surface area contributed by atoms with Crippen LogP contribution in [-0.2, 0) is 17.6 Å². The number of para-hydroxylation sites is 1. The zero-order chi connectivity index (χ0) is 22.1. The lowest BCUT2D eigenvalue weighted by Crippen LogP contribution is -2.16. The Morgan fingerprint density at radius 3 is 2.47 bits per heavy atom. The van der Waals surface area contributed by atoms with Gasteiger partial charge < -0.3 is 14.2 Å². The van der Waals surface area contributed by atoms with Gasteiger partial charge in [0.1, 0.15) is 11.2 Å². The summed E-state index contributed by atoms with van der Waals surface area (Å²) in [5, 5.41) is 4.53. The standard InChI is InChI=1S/C27H21NO4/c1-2-17-12-13-22-21(14-17)19(16-31-22)15-24(29)28-25-20-10-6-7-11-23(20)32-27(25)26(30)18-8-4-3-5-9-18/h3-14,16H,2,15H2,1H3,(H,28,29). The van der Waals surface area contributed by atoms with E-state index >= 15 is 0 Å². The van der Waals surface area contributed by atoms with E-state index in [0.717, 1.165) is 23.0 Å². The van der Waals surface area contributed by atoms with Gasteiger partial charge in [0.05, 0.1) is 18.4 Å². The Morgan fingerprint density at radius 1 is 0.875 bits per heavy atom. The zero-order valence-electron chi connectivity index (χ0n) is 17.6. The molecule has 158 valence electrons. The number of ketones is 1. The van der Waals surface area contributed by atoms with Gasteiger partial charge in [-0.3, -0.25) is 9.59 Å². The van der Waals surface area contributed by atoms with Gasteiger partial charge in [-0.15, -0.1) is 0 Å². The molecular formula is C27H21NO4. The number of benzene rings is 3. The third kappa shape index (κ3) is 3.58. The molecule has 0 saturated carbocycles. The van der Waals surface area contributed by atoms with Crippen molar-refractivity contribution < 1.29 is 18.4 Å². The van der Waals surface area contributed by atoms with Crippen molar-refractivity contribution in [1.29, 1.82) is 0 Å². The lowest BCUT2D eigenvalue weighted by molar-refractivity contribution is -0.115. The zero-order valence-corrected chi connectivity index (χ0v) is 17.6. The third-order valence-electron chi connectivity index (χ3n) is 5.58. The molecule has 5 rings (SSSR count). The molecule has 0 radical (unpaired) electrons. The first-order valence-electron chi connectivity index (χ1n) is 10.5. The summed E-state index contributed by atoms with van der Waals surface area (Å²) in [6, 6.07) is 22.2. The molecule has 0 aliphatic rings. The van der Waals surface area contributed by atoms with Gasteiger partial charge in [0.15, 0.2) is 5.76 Å². The van der Waals surface area contributed by atoms with Crippen LogP contribution < -0.4 is 5.32 Å². The van der Waals surface area contributed by atoms with Crippen LogP contribution in [0.3, 0.4) is 0 Å². The van der Waals surface area contributed by atoms with Gasteiger partial charge >= 0.3 is 0 Å². The Labute approximate surface area is 184 Å². The van der Waals surface area contributed by atoms with Gasteiger partial charge in [-0.25, -0.2) is 0 Å². The Kier molecular flexibility index (Phi) is 5.07. The van der Waals surface area contributed by atoms with Crippen molar-refractivity contribution in [2.24, 2.45) is 0 Å². The second kappa shape index (κ2) is 8.19. The number of anilines is 1. The molecular weight excluding hydrogens is 402 g/mol. The van der Waals surface area contributed by atoms with Gasteiger partial charge in [-0.2, -0.15) is 0 Å². The molecule has 1 N–H and O–H groups in total. The molecule has 5 nitrogen and oxygen atoms in total. The number of nitrogens with one attached hydrogen (secondary N) is 1. The van der Waals surface area contributed by atoms with Crippen molar-refractivity contribution in [2.75, 3.05) is 5.32 Å². The molecule has 0 saturated heterocycles. The number of aryl methyl sites for hydroxylation is 1. The third-order valence-corrected chi connectivity index (χ3v) is 5.58. The number of amides is 1. The van der Waals surface area contributed by atoms with Crippen LogP contribution >= 0.6 is 0 Å². The summed E-state index contributed by atoms with van der Waals surface area (Å²) in [5.41, 5.74) is 4.16. The summed E-state index contributed by atoms with van der Waals surface area (Å²) in [6.45, 7) is 2.09. The SMILES string of the molecule is CCc1ccc2occ(CC(=O)Nc3c(C(=O)c4ccccc4)oc4ccccc34)c2c1. The maximum Gasteiger partial charge on any atom is 0.230 e. The number of furan rings is 2. The summed E-state index contributed by atoms with van der Waals surface area (Å²) < 4.78 is 11.5. The van der Waals surface area contributed by atoms with E-state index in [1.54, 1.807) is 36.6 Å². The van der Waals surface area contributed by atoms with Crippen LogP contribution in [0.25, 0.3) is 21.9 Å². The Bertz CT molecular complexity index is 1440. The molecule has 0 spiro atoms. The number of rotatable bonds is 6. The van der Waals surface area contributed by atoms with Gasteiger partial charge in [0, 0.05) is 21.9 Å². The first-order valence-corrected chi connectivity index (χ1v) is 10.5. The molecule has 5 aromatic rings. The second-order valence-corrected chi connectivity index (χ2v) is 7.67. The lowest BCUT2D eigenvalue weighted by Gasteiger charge is -2.06.